The van der Waals surface area contributed by atoms with E-state index in [4.69, 9.17) is 37.9 Å². The lowest BCUT2D eigenvalue weighted by atomic mass is 9.86. The van der Waals surface area contributed by atoms with Gasteiger partial charge in [0.25, 0.3) is 0 Å². The van der Waals surface area contributed by atoms with Crippen molar-refractivity contribution < 1.29 is 42.5 Å². The summed E-state index contributed by atoms with van der Waals surface area (Å²) < 4.78 is 60.2. The van der Waals surface area contributed by atoms with Gasteiger partial charge in [0.15, 0.2) is 26.8 Å². The number of halogens is 1. The molecule has 0 N–H and O–H groups in total. The summed E-state index contributed by atoms with van der Waals surface area (Å²) in [7, 11) is 7.60. The molecule has 220 valence electrons. The predicted molar refractivity (Wildman–Crippen MR) is 160 cm³/mol. The quantitative estimate of drug-likeness (QED) is 0.154. The molecule has 0 spiro atoms. The average molecular weight is 649 g/mol. The molecule has 41 heavy (non-hydrogen) atoms. The van der Waals surface area contributed by atoms with Crippen LogP contribution in [0, 0.1) is 0 Å². The lowest BCUT2D eigenvalue weighted by molar-refractivity contribution is -0.146. The summed E-state index contributed by atoms with van der Waals surface area (Å²) in [5, 5.41) is 0.391. The van der Waals surface area contributed by atoms with Gasteiger partial charge in [0.2, 0.25) is 0 Å². The van der Waals surface area contributed by atoms with Crippen LogP contribution in [-0.4, -0.2) is 61.3 Å². The van der Waals surface area contributed by atoms with Gasteiger partial charge < -0.3 is 37.9 Å². The molecule has 0 amide bonds. The third-order valence-electron chi connectivity index (χ3n) is 6.97. The van der Waals surface area contributed by atoms with Crippen LogP contribution in [0.25, 0.3) is 22.3 Å². The number of benzene rings is 3. The molecule has 1 aliphatic heterocycles. The van der Waals surface area contributed by atoms with Crippen molar-refractivity contribution in [2.45, 2.75) is 25.6 Å². The maximum atomic E-state index is 13.1. The molecular formula is C30H34BrO9P. The van der Waals surface area contributed by atoms with Gasteiger partial charge in [-0.1, -0.05) is 12.1 Å². The molecule has 1 fully saturated rings. The lowest BCUT2D eigenvalue weighted by Crippen LogP contribution is -2.26. The van der Waals surface area contributed by atoms with E-state index in [1.54, 1.807) is 28.4 Å². The van der Waals surface area contributed by atoms with Crippen LogP contribution >= 0.6 is 24.4 Å². The fourth-order valence-electron chi connectivity index (χ4n) is 5.10. The molecule has 3 aromatic rings. The highest BCUT2D eigenvalue weighted by atomic mass is 79.9. The van der Waals surface area contributed by atoms with E-state index in [1.165, 1.54) is 7.11 Å². The summed E-state index contributed by atoms with van der Waals surface area (Å²) >= 11 is 3.80. The van der Waals surface area contributed by atoms with E-state index in [-0.39, 0.29) is 15.3 Å². The van der Waals surface area contributed by atoms with E-state index in [0.29, 0.717) is 81.3 Å². The van der Waals surface area contributed by atoms with Crippen LogP contribution in [0.1, 0.15) is 18.9 Å². The molecule has 0 radical (unpaired) electrons. The molecule has 4 rings (SSSR count). The second-order valence-corrected chi connectivity index (χ2v) is 10.7. The molecule has 0 bridgehead atoms. The van der Waals surface area contributed by atoms with Crippen molar-refractivity contribution in [3.63, 3.8) is 0 Å². The first kappa shape index (κ1) is 31.1. The van der Waals surface area contributed by atoms with Gasteiger partial charge in [-0.15, -0.1) is 0 Å². The third-order valence-corrected chi connectivity index (χ3v) is 8.34. The minimum absolute atomic E-state index is 0.0782. The largest absolute Gasteiger partial charge is 0.496 e. The average Bonchev–Trinajstić information content (AvgIpc) is 3.44. The van der Waals surface area contributed by atoms with Gasteiger partial charge in [-0.2, -0.15) is 0 Å². The first-order valence-electron chi connectivity index (χ1n) is 12.9. The molecule has 1 saturated heterocycles. The van der Waals surface area contributed by atoms with Gasteiger partial charge in [-0.05, 0) is 59.1 Å². The van der Waals surface area contributed by atoms with E-state index < -0.39 is 5.79 Å². The van der Waals surface area contributed by atoms with E-state index in [1.807, 2.05) is 43.3 Å². The Morgan fingerprint density at radius 3 is 1.73 bits per heavy atom. The normalized spacial score (nSPS) is 14.2. The third kappa shape index (κ3) is 6.17. The molecule has 1 heterocycles. The highest BCUT2D eigenvalue weighted by Crippen LogP contribution is 2.52. The van der Waals surface area contributed by atoms with E-state index in [9.17, 15) is 4.57 Å². The van der Waals surface area contributed by atoms with Crippen molar-refractivity contribution in [3.05, 3.63) is 46.4 Å². The van der Waals surface area contributed by atoms with Gasteiger partial charge >= 0.3 is 0 Å². The molecule has 9 nitrogen and oxygen atoms in total. The first-order chi connectivity index (χ1) is 19.9. The molecule has 0 aliphatic carbocycles. The van der Waals surface area contributed by atoms with Crippen LogP contribution in [0.4, 0.5) is 0 Å². The monoisotopic (exact) mass is 648 g/mol. The van der Waals surface area contributed by atoms with Crippen LogP contribution in [0.5, 0.6) is 28.7 Å². The fraction of sp³-hybridized carbons (Fsp3) is 0.400. The van der Waals surface area contributed by atoms with Crippen LogP contribution in [0.2, 0.25) is 0 Å². The van der Waals surface area contributed by atoms with Crippen molar-refractivity contribution in [2.24, 2.45) is 0 Å². The second-order valence-electron chi connectivity index (χ2n) is 9.27. The van der Waals surface area contributed by atoms with Gasteiger partial charge in [0.1, 0.15) is 23.0 Å². The summed E-state index contributed by atoms with van der Waals surface area (Å²) in [5.74, 6) is 1.76. The summed E-state index contributed by atoms with van der Waals surface area (Å²) in [6.45, 7) is 2.86. The zero-order valence-corrected chi connectivity index (χ0v) is 26.5. The van der Waals surface area contributed by atoms with E-state index in [2.05, 4.69) is 15.9 Å². The van der Waals surface area contributed by atoms with Crippen molar-refractivity contribution in [3.8, 4) is 51.0 Å². The van der Waals surface area contributed by atoms with Crippen LogP contribution < -0.4 is 29.0 Å². The van der Waals surface area contributed by atoms with Crippen molar-refractivity contribution in [2.75, 3.05) is 55.6 Å². The summed E-state index contributed by atoms with van der Waals surface area (Å²) in [6, 6.07) is 11.1. The van der Waals surface area contributed by atoms with Crippen LogP contribution in [0.15, 0.2) is 40.9 Å². The highest BCUT2D eigenvalue weighted by molar-refractivity contribution is 9.10. The Labute approximate surface area is 250 Å². The topological polar surface area (TPSA) is 90.9 Å². The minimum Gasteiger partial charge on any atom is -0.496 e. The molecule has 3 aromatic carbocycles. The number of ether oxygens (including phenoxy) is 8. The van der Waals surface area contributed by atoms with Crippen molar-refractivity contribution >= 4 is 29.7 Å². The first-order valence-corrected chi connectivity index (χ1v) is 14.5. The Bertz CT molecular complexity index is 1340. The van der Waals surface area contributed by atoms with Crippen LogP contribution in [-0.2, 0) is 25.2 Å². The van der Waals surface area contributed by atoms with Crippen LogP contribution in [0.3, 0.4) is 0 Å². The zero-order valence-electron chi connectivity index (χ0n) is 24.0. The number of hydrogen-bond donors (Lipinski definition) is 0. The maximum Gasteiger partial charge on any atom is 0.196 e. The molecule has 0 unspecified atom stereocenters. The molecule has 0 aromatic heterocycles. The Hall–Kier alpha value is -2.88. The maximum absolute atomic E-state index is 13.1. The van der Waals surface area contributed by atoms with Gasteiger partial charge in [-0.25, -0.2) is 0 Å². The molecule has 1 aliphatic rings. The summed E-state index contributed by atoms with van der Waals surface area (Å²) in [5.41, 5.74) is 3.46. The Kier molecular flexibility index (Phi) is 10.5. The SMILES string of the molecule is COCOc1c(Br)c(-c2c(OC)cccc2OC)c(CCC2(C)OCCO2)c(-c2c(OC)cccc2OC)c1P=O. The van der Waals surface area contributed by atoms with Crippen molar-refractivity contribution in [1.29, 1.82) is 0 Å². The minimum atomic E-state index is -0.794. The Morgan fingerprint density at radius 2 is 1.29 bits per heavy atom. The molecule has 0 saturated carbocycles. The Morgan fingerprint density at radius 1 is 0.805 bits per heavy atom. The smallest absolute Gasteiger partial charge is 0.196 e. The molecule has 11 heteroatoms. The number of hydrogen-bond acceptors (Lipinski definition) is 9. The summed E-state index contributed by atoms with van der Waals surface area (Å²) in [6.07, 6.45) is 0.955. The fourth-order valence-corrected chi connectivity index (χ4v) is 6.60. The van der Waals surface area contributed by atoms with Gasteiger partial charge in [0, 0.05) is 24.7 Å². The van der Waals surface area contributed by atoms with E-state index >= 15 is 0 Å². The predicted octanol–water partition coefficient (Wildman–Crippen LogP) is 6.41. The number of rotatable bonds is 13. The standard InChI is InChI=1S/C30H34BrO9P/c1-30(39-15-16-40-30)14-13-18-23(25-19(34-3)9-7-10-20(25)35-4)27(31)28(38-17-33-2)29(41-32)24(18)26-21(36-5)11-8-12-22(26)37-6/h7-12H,13-17H2,1-6H3. The number of methoxy groups -OCH3 is 5. The lowest BCUT2D eigenvalue weighted by Gasteiger charge is -2.28. The molecular weight excluding hydrogens is 615 g/mol. The summed E-state index contributed by atoms with van der Waals surface area (Å²) in [4.78, 5) is 0. The van der Waals surface area contributed by atoms with Gasteiger partial charge in [-0.3, -0.25) is 4.57 Å². The van der Waals surface area contributed by atoms with E-state index in [0.717, 1.165) is 11.1 Å². The highest BCUT2D eigenvalue weighted by Gasteiger charge is 2.35. The van der Waals surface area contributed by atoms with Crippen molar-refractivity contribution in [1.82, 2.24) is 0 Å². The molecule has 0 atom stereocenters. The Balaban J connectivity index is 2.20. The second kappa shape index (κ2) is 13.9. The zero-order chi connectivity index (χ0) is 29.6. The van der Waals surface area contributed by atoms with Gasteiger partial charge in [0.05, 0.1) is 62.6 Å².